The summed E-state index contributed by atoms with van der Waals surface area (Å²) in [6.45, 7) is 5.35. The Morgan fingerprint density at radius 1 is 1.18 bits per heavy atom. The maximum Gasteiger partial charge on any atom is 0.348 e. The fourth-order valence-corrected chi connectivity index (χ4v) is 3.82. The topological polar surface area (TPSA) is 76.7 Å². The highest BCUT2D eigenvalue weighted by molar-refractivity contribution is 7.80. The van der Waals surface area contributed by atoms with E-state index >= 15 is 0 Å². The Kier molecular flexibility index (Phi) is 7.73. The number of carbonyl (C=O) groups is 2. The number of halogens is 2. The summed E-state index contributed by atoms with van der Waals surface area (Å²) in [6.07, 6.45) is 0. The first-order valence-corrected chi connectivity index (χ1v) is 9.89. The van der Waals surface area contributed by atoms with Crippen LogP contribution in [0.2, 0.25) is 5.02 Å². The average molecular weight is 445 g/mol. The fourth-order valence-electron chi connectivity index (χ4n) is 2.29. The van der Waals surface area contributed by atoms with Crippen molar-refractivity contribution < 1.29 is 23.5 Å². The van der Waals surface area contributed by atoms with E-state index in [1.807, 2.05) is 0 Å². The molecule has 0 atom stereocenters. The van der Waals surface area contributed by atoms with Gasteiger partial charge in [0.25, 0.3) is 0 Å². The van der Waals surface area contributed by atoms with E-state index in [9.17, 15) is 14.0 Å². The lowest BCUT2D eigenvalue weighted by Gasteiger charge is -2.11. The van der Waals surface area contributed by atoms with Crippen LogP contribution in [0.3, 0.4) is 0 Å². The highest BCUT2D eigenvalue weighted by Crippen LogP contribution is 2.34. The van der Waals surface area contributed by atoms with Crippen LogP contribution < -0.4 is 10.6 Å². The Bertz CT molecular complexity index is 917. The Hall–Kier alpha value is -2.23. The molecule has 0 spiro atoms. The average Bonchev–Trinajstić information content (AvgIpc) is 2.94. The van der Waals surface area contributed by atoms with Crippen molar-refractivity contribution in [2.24, 2.45) is 0 Å². The van der Waals surface area contributed by atoms with Crippen molar-refractivity contribution in [1.82, 2.24) is 0 Å². The van der Waals surface area contributed by atoms with Crippen LogP contribution in [0.25, 0.3) is 0 Å². The molecule has 0 fully saturated rings. The number of rotatable bonds is 6. The molecule has 0 radical (unpaired) electrons. The van der Waals surface area contributed by atoms with Crippen LogP contribution in [-0.2, 0) is 9.47 Å². The number of esters is 2. The van der Waals surface area contributed by atoms with Gasteiger partial charge in [0.2, 0.25) is 0 Å². The number of ether oxygens (including phenoxy) is 2. The van der Waals surface area contributed by atoms with Crippen molar-refractivity contribution in [2.45, 2.75) is 20.8 Å². The first kappa shape index (κ1) is 22.1. The Labute approximate surface area is 176 Å². The van der Waals surface area contributed by atoms with Crippen molar-refractivity contribution in [3.05, 3.63) is 45.0 Å². The molecule has 28 heavy (non-hydrogen) atoms. The molecule has 0 saturated heterocycles. The van der Waals surface area contributed by atoms with Crippen LogP contribution >= 0.6 is 35.2 Å². The van der Waals surface area contributed by atoms with Crippen molar-refractivity contribution in [3.63, 3.8) is 0 Å². The minimum atomic E-state index is -0.602. The fraction of sp³-hybridized carbons (Fsp3) is 0.278. The Balaban J connectivity index is 2.31. The van der Waals surface area contributed by atoms with Crippen molar-refractivity contribution in [1.29, 1.82) is 0 Å². The summed E-state index contributed by atoms with van der Waals surface area (Å²) >= 11 is 11.9. The Morgan fingerprint density at radius 2 is 1.82 bits per heavy atom. The molecule has 10 heteroatoms. The van der Waals surface area contributed by atoms with E-state index < -0.39 is 17.8 Å². The van der Waals surface area contributed by atoms with Crippen LogP contribution in [-0.4, -0.2) is 30.3 Å². The van der Waals surface area contributed by atoms with E-state index in [4.69, 9.17) is 33.3 Å². The van der Waals surface area contributed by atoms with E-state index in [2.05, 4.69) is 10.6 Å². The quantitative estimate of drug-likeness (QED) is 0.479. The van der Waals surface area contributed by atoms with Crippen molar-refractivity contribution in [3.8, 4) is 0 Å². The molecule has 0 amide bonds. The minimum absolute atomic E-state index is 0.0310. The number of carbonyl (C=O) groups excluding carboxylic acids is 2. The van der Waals surface area contributed by atoms with Crippen molar-refractivity contribution in [2.75, 3.05) is 23.8 Å². The van der Waals surface area contributed by atoms with Crippen LogP contribution in [0, 0.1) is 12.7 Å². The van der Waals surface area contributed by atoms with Crippen LogP contribution in [0.15, 0.2) is 18.2 Å². The third-order valence-electron chi connectivity index (χ3n) is 3.49. The number of hydrogen-bond donors (Lipinski definition) is 2. The molecule has 1 heterocycles. The molecular weight excluding hydrogens is 427 g/mol. The van der Waals surface area contributed by atoms with E-state index in [1.165, 1.54) is 12.1 Å². The van der Waals surface area contributed by atoms with Gasteiger partial charge in [-0.1, -0.05) is 11.6 Å². The van der Waals surface area contributed by atoms with Gasteiger partial charge < -0.3 is 20.1 Å². The number of benzene rings is 1. The van der Waals surface area contributed by atoms with Gasteiger partial charge in [-0.2, -0.15) is 0 Å². The molecule has 6 nitrogen and oxygen atoms in total. The maximum atomic E-state index is 13.9. The monoisotopic (exact) mass is 444 g/mol. The molecule has 2 rings (SSSR count). The first-order valence-electron chi connectivity index (χ1n) is 8.29. The molecule has 1 aromatic carbocycles. The van der Waals surface area contributed by atoms with Gasteiger partial charge in [-0.25, -0.2) is 14.0 Å². The molecular formula is C18H18ClFN2O4S2. The molecule has 0 aliphatic carbocycles. The summed E-state index contributed by atoms with van der Waals surface area (Å²) in [7, 11) is 0. The molecule has 0 saturated carbocycles. The zero-order chi connectivity index (χ0) is 20.8. The summed E-state index contributed by atoms with van der Waals surface area (Å²) < 4.78 is 24.0. The molecule has 2 aromatic rings. The summed E-state index contributed by atoms with van der Waals surface area (Å²) in [4.78, 5) is 24.8. The van der Waals surface area contributed by atoms with Gasteiger partial charge in [0, 0.05) is 5.02 Å². The zero-order valence-corrected chi connectivity index (χ0v) is 17.7. The third-order valence-corrected chi connectivity index (χ3v) is 5.12. The second kappa shape index (κ2) is 9.81. The number of thiophene rings is 1. The lowest BCUT2D eigenvalue weighted by Crippen LogP contribution is -2.21. The summed E-state index contributed by atoms with van der Waals surface area (Å²) in [5.74, 6) is -1.74. The minimum Gasteiger partial charge on any atom is -0.462 e. The number of anilines is 2. The SMILES string of the molecule is CCOC(=O)c1sc(NC(=S)Nc2ccc(Cl)cc2F)c(C(=O)OCC)c1C. The standard InChI is InChI=1S/C18H18ClFN2O4S2/c1-4-25-16(23)13-9(3)14(17(24)26-5-2)28-15(13)22-18(27)21-12-7-6-10(19)8-11(12)20/h6-8H,4-5H2,1-3H3,(H2,21,22,27). The first-order chi connectivity index (χ1) is 13.3. The van der Waals surface area contributed by atoms with Gasteiger partial charge in [-0.15, -0.1) is 11.3 Å². The number of hydrogen-bond acceptors (Lipinski definition) is 6. The summed E-state index contributed by atoms with van der Waals surface area (Å²) in [6, 6.07) is 4.08. The van der Waals surface area contributed by atoms with Gasteiger partial charge in [0.05, 0.1) is 24.5 Å². The number of thiocarbonyl (C=S) groups is 1. The van der Waals surface area contributed by atoms with E-state index in [0.29, 0.717) is 10.6 Å². The largest absolute Gasteiger partial charge is 0.462 e. The van der Waals surface area contributed by atoms with E-state index in [1.54, 1.807) is 20.8 Å². The predicted octanol–water partition coefficient (Wildman–Crippen LogP) is 5.01. The lowest BCUT2D eigenvalue weighted by molar-refractivity contribution is 0.0527. The second-order valence-electron chi connectivity index (χ2n) is 5.40. The lowest BCUT2D eigenvalue weighted by atomic mass is 10.1. The van der Waals surface area contributed by atoms with E-state index in [-0.39, 0.29) is 39.5 Å². The smallest absolute Gasteiger partial charge is 0.348 e. The van der Waals surface area contributed by atoms with Crippen LogP contribution in [0.1, 0.15) is 39.4 Å². The predicted molar refractivity (Wildman–Crippen MR) is 112 cm³/mol. The number of nitrogens with one attached hydrogen (secondary N) is 2. The van der Waals surface area contributed by atoms with Gasteiger partial charge >= 0.3 is 11.9 Å². The van der Waals surface area contributed by atoms with Crippen LogP contribution in [0.5, 0.6) is 0 Å². The van der Waals surface area contributed by atoms with Gasteiger partial charge in [0.15, 0.2) is 5.11 Å². The summed E-state index contributed by atoms with van der Waals surface area (Å²) in [5, 5.41) is 6.10. The van der Waals surface area contributed by atoms with E-state index in [0.717, 1.165) is 17.4 Å². The maximum absolute atomic E-state index is 13.9. The van der Waals surface area contributed by atoms with Gasteiger partial charge in [-0.05, 0) is 56.8 Å². The summed E-state index contributed by atoms with van der Waals surface area (Å²) in [5.41, 5.74) is 0.707. The zero-order valence-electron chi connectivity index (χ0n) is 15.4. The van der Waals surface area contributed by atoms with Gasteiger partial charge in [-0.3, -0.25) is 0 Å². The third kappa shape index (κ3) is 5.18. The van der Waals surface area contributed by atoms with Crippen molar-refractivity contribution >= 4 is 62.9 Å². The normalized spacial score (nSPS) is 10.3. The molecule has 0 aliphatic heterocycles. The molecule has 0 aliphatic rings. The molecule has 0 bridgehead atoms. The van der Waals surface area contributed by atoms with Gasteiger partial charge in [0.1, 0.15) is 15.7 Å². The molecule has 2 N–H and O–H groups in total. The highest BCUT2D eigenvalue weighted by atomic mass is 35.5. The second-order valence-corrected chi connectivity index (χ2v) is 7.27. The highest BCUT2D eigenvalue weighted by Gasteiger charge is 2.27. The van der Waals surface area contributed by atoms with Crippen LogP contribution in [0.4, 0.5) is 15.1 Å². The molecule has 1 aromatic heterocycles. The molecule has 0 unspecified atom stereocenters. The Morgan fingerprint density at radius 3 is 2.43 bits per heavy atom. The molecule has 150 valence electrons.